The average Bonchev–Trinajstić information content (AvgIpc) is 2.60. The summed E-state index contributed by atoms with van der Waals surface area (Å²) in [6, 6.07) is 3.34. The lowest BCUT2D eigenvalue weighted by atomic mass is 9.98. The van der Waals surface area contributed by atoms with Crippen molar-refractivity contribution >= 4 is 21.6 Å². The average molecular weight is 414 g/mol. The Hall–Kier alpha value is -1.22. The van der Waals surface area contributed by atoms with Crippen LogP contribution in [0.4, 0.5) is 5.69 Å². The molecule has 3 rings (SSSR count). The standard InChI is InChI=1S/C17H24BrN3O4/c18-16-10-14(21(24)25)9-12(17(16)23)11-19-5-1-13(2-6-19)20-7-3-15(22)4-8-20/h9-10,13,15,22-23H,1-8,11H2. The summed E-state index contributed by atoms with van der Waals surface area (Å²) in [5.74, 6) is 0.0812. The van der Waals surface area contributed by atoms with Crippen molar-refractivity contribution < 1.29 is 15.1 Å². The number of nitrogens with zero attached hydrogens (tertiary/aromatic N) is 3. The van der Waals surface area contributed by atoms with E-state index < -0.39 is 4.92 Å². The van der Waals surface area contributed by atoms with E-state index >= 15 is 0 Å². The smallest absolute Gasteiger partial charge is 0.271 e. The van der Waals surface area contributed by atoms with E-state index in [0.29, 0.717) is 22.6 Å². The van der Waals surface area contributed by atoms with Gasteiger partial charge in [-0.05, 0) is 54.7 Å². The minimum absolute atomic E-state index is 0.0126. The molecule has 2 saturated heterocycles. The Labute approximate surface area is 155 Å². The number of nitro groups is 1. The van der Waals surface area contributed by atoms with Gasteiger partial charge in [-0.15, -0.1) is 0 Å². The van der Waals surface area contributed by atoms with Gasteiger partial charge in [-0.25, -0.2) is 0 Å². The maximum absolute atomic E-state index is 11.0. The van der Waals surface area contributed by atoms with Crippen molar-refractivity contribution in [2.24, 2.45) is 0 Å². The van der Waals surface area contributed by atoms with Gasteiger partial charge in [0.2, 0.25) is 0 Å². The van der Waals surface area contributed by atoms with Gasteiger partial charge in [0, 0.05) is 43.4 Å². The number of hydrogen-bond donors (Lipinski definition) is 2. The summed E-state index contributed by atoms with van der Waals surface area (Å²) < 4.78 is 0.360. The molecule has 0 amide bonds. The van der Waals surface area contributed by atoms with Crippen LogP contribution in [0.2, 0.25) is 0 Å². The monoisotopic (exact) mass is 413 g/mol. The third kappa shape index (κ3) is 4.49. The van der Waals surface area contributed by atoms with Crippen LogP contribution in [0.15, 0.2) is 16.6 Å². The lowest BCUT2D eigenvalue weighted by Gasteiger charge is -2.41. The molecular weight excluding hydrogens is 390 g/mol. The van der Waals surface area contributed by atoms with Gasteiger partial charge in [-0.2, -0.15) is 0 Å². The SMILES string of the molecule is O=[N+]([O-])c1cc(Br)c(O)c(CN2CCC(N3CCC(O)CC3)CC2)c1. The number of non-ortho nitro benzene ring substituents is 1. The van der Waals surface area contributed by atoms with Crippen LogP contribution < -0.4 is 0 Å². The molecule has 8 heteroatoms. The molecule has 2 aliphatic heterocycles. The predicted molar refractivity (Wildman–Crippen MR) is 97.6 cm³/mol. The van der Waals surface area contributed by atoms with Crippen molar-refractivity contribution in [2.75, 3.05) is 26.2 Å². The molecule has 0 aromatic heterocycles. The second kappa shape index (κ2) is 7.99. The van der Waals surface area contributed by atoms with Crippen LogP contribution in [0.25, 0.3) is 0 Å². The number of halogens is 1. The van der Waals surface area contributed by atoms with E-state index in [9.17, 15) is 20.3 Å². The molecule has 0 unspecified atom stereocenters. The topological polar surface area (TPSA) is 90.1 Å². The zero-order valence-electron chi connectivity index (χ0n) is 14.1. The predicted octanol–water partition coefficient (Wildman–Crippen LogP) is 2.48. The Morgan fingerprint density at radius 2 is 1.80 bits per heavy atom. The van der Waals surface area contributed by atoms with Crippen molar-refractivity contribution in [1.29, 1.82) is 0 Å². The summed E-state index contributed by atoms with van der Waals surface area (Å²) >= 11 is 3.20. The van der Waals surface area contributed by atoms with Gasteiger partial charge in [0.25, 0.3) is 5.69 Å². The molecule has 0 spiro atoms. The number of aliphatic hydroxyl groups is 1. The van der Waals surface area contributed by atoms with Gasteiger partial charge in [0.1, 0.15) is 5.75 Å². The number of piperidine rings is 2. The van der Waals surface area contributed by atoms with Crippen LogP contribution in [0.1, 0.15) is 31.2 Å². The quantitative estimate of drug-likeness (QED) is 0.581. The number of benzene rings is 1. The number of aliphatic hydroxyl groups excluding tert-OH is 1. The highest BCUT2D eigenvalue weighted by atomic mass is 79.9. The molecule has 138 valence electrons. The molecule has 2 N–H and O–H groups in total. The van der Waals surface area contributed by atoms with E-state index in [1.807, 2.05) is 0 Å². The number of rotatable bonds is 4. The summed E-state index contributed by atoms with van der Waals surface area (Å²) in [6.45, 7) is 4.25. The molecule has 0 radical (unpaired) electrons. The first-order valence-corrected chi connectivity index (χ1v) is 9.53. The third-order valence-electron chi connectivity index (χ3n) is 5.30. The van der Waals surface area contributed by atoms with E-state index in [4.69, 9.17) is 0 Å². The molecule has 2 aliphatic rings. The second-order valence-electron chi connectivity index (χ2n) is 6.97. The van der Waals surface area contributed by atoms with Crippen LogP contribution >= 0.6 is 15.9 Å². The Bertz CT molecular complexity index is 627. The lowest BCUT2D eigenvalue weighted by molar-refractivity contribution is -0.385. The highest BCUT2D eigenvalue weighted by molar-refractivity contribution is 9.10. The van der Waals surface area contributed by atoms with Crippen LogP contribution in [-0.2, 0) is 6.54 Å². The summed E-state index contributed by atoms with van der Waals surface area (Å²) in [4.78, 5) is 15.3. The second-order valence-corrected chi connectivity index (χ2v) is 7.82. The van der Waals surface area contributed by atoms with Crippen LogP contribution in [0.5, 0.6) is 5.75 Å². The van der Waals surface area contributed by atoms with Crippen molar-refractivity contribution in [3.8, 4) is 5.75 Å². The van der Waals surface area contributed by atoms with E-state index in [1.54, 1.807) is 0 Å². The molecule has 1 aromatic rings. The van der Waals surface area contributed by atoms with Gasteiger partial charge >= 0.3 is 0 Å². The van der Waals surface area contributed by atoms with E-state index in [1.165, 1.54) is 12.1 Å². The summed E-state index contributed by atoms with van der Waals surface area (Å²) in [5, 5.41) is 30.8. The molecule has 2 heterocycles. The third-order valence-corrected chi connectivity index (χ3v) is 5.91. The fourth-order valence-electron chi connectivity index (χ4n) is 3.80. The largest absolute Gasteiger partial charge is 0.506 e. The molecule has 2 fully saturated rings. The summed E-state index contributed by atoms with van der Waals surface area (Å²) in [5.41, 5.74) is 0.571. The minimum Gasteiger partial charge on any atom is -0.506 e. The van der Waals surface area contributed by atoms with Crippen molar-refractivity contribution in [1.82, 2.24) is 9.80 Å². The van der Waals surface area contributed by atoms with Crippen molar-refractivity contribution in [3.05, 3.63) is 32.3 Å². The first-order valence-electron chi connectivity index (χ1n) is 8.74. The summed E-state index contributed by atoms with van der Waals surface area (Å²) in [6.07, 6.45) is 3.66. The molecule has 0 atom stereocenters. The highest BCUT2D eigenvalue weighted by Crippen LogP contribution is 2.34. The van der Waals surface area contributed by atoms with Crippen LogP contribution in [-0.4, -0.2) is 63.3 Å². The zero-order chi connectivity index (χ0) is 18.0. The normalized spacial score (nSPS) is 21.5. The molecule has 0 aliphatic carbocycles. The van der Waals surface area contributed by atoms with Gasteiger partial charge in [0.05, 0.1) is 15.5 Å². The first kappa shape index (κ1) is 18.6. The molecule has 25 heavy (non-hydrogen) atoms. The number of phenols is 1. The Kier molecular flexibility index (Phi) is 5.93. The van der Waals surface area contributed by atoms with Gasteiger partial charge in [0.15, 0.2) is 0 Å². The maximum atomic E-state index is 11.0. The van der Waals surface area contributed by atoms with Crippen molar-refractivity contribution in [2.45, 2.75) is 44.4 Å². The fraction of sp³-hybridized carbons (Fsp3) is 0.647. The Morgan fingerprint density at radius 3 is 2.40 bits per heavy atom. The number of nitro benzene ring substituents is 1. The van der Waals surface area contributed by atoms with Crippen molar-refractivity contribution in [3.63, 3.8) is 0 Å². The molecule has 0 saturated carbocycles. The lowest BCUT2D eigenvalue weighted by Crippen LogP contribution is -2.48. The number of likely N-dealkylation sites (tertiary alicyclic amines) is 2. The first-order chi connectivity index (χ1) is 11.9. The Morgan fingerprint density at radius 1 is 1.16 bits per heavy atom. The van der Waals surface area contributed by atoms with E-state index in [0.717, 1.165) is 51.9 Å². The van der Waals surface area contributed by atoms with Crippen LogP contribution in [0.3, 0.4) is 0 Å². The Balaban J connectivity index is 1.58. The number of hydrogen-bond acceptors (Lipinski definition) is 6. The van der Waals surface area contributed by atoms with E-state index in [-0.39, 0.29) is 17.5 Å². The van der Waals surface area contributed by atoms with Crippen LogP contribution in [0, 0.1) is 10.1 Å². The molecule has 7 nitrogen and oxygen atoms in total. The van der Waals surface area contributed by atoms with Gasteiger partial charge in [-0.1, -0.05) is 0 Å². The summed E-state index contributed by atoms with van der Waals surface area (Å²) in [7, 11) is 0. The molecule has 1 aromatic carbocycles. The number of phenolic OH excluding ortho intramolecular Hbond substituents is 1. The molecule has 0 bridgehead atoms. The minimum atomic E-state index is -0.440. The van der Waals surface area contributed by atoms with Gasteiger partial charge in [-0.3, -0.25) is 15.0 Å². The fourth-order valence-corrected chi connectivity index (χ4v) is 4.29. The maximum Gasteiger partial charge on any atom is 0.271 e. The number of aromatic hydroxyl groups is 1. The highest BCUT2D eigenvalue weighted by Gasteiger charge is 2.28. The molecular formula is C17H24BrN3O4. The van der Waals surface area contributed by atoms with E-state index in [2.05, 4.69) is 25.7 Å². The zero-order valence-corrected chi connectivity index (χ0v) is 15.7. The van der Waals surface area contributed by atoms with Gasteiger partial charge < -0.3 is 15.1 Å².